The largest absolute Gasteiger partial charge is 0.481 e. The van der Waals surface area contributed by atoms with Gasteiger partial charge in [-0.25, -0.2) is 0 Å². The van der Waals surface area contributed by atoms with Crippen LogP contribution in [0, 0.1) is 46.3 Å². The number of fused-ring (bicyclic) bond motifs is 5. The van der Waals surface area contributed by atoms with E-state index in [1.54, 1.807) is 0 Å². The molecule has 0 aromatic carbocycles. The molecule has 9 atom stereocenters. The molecule has 0 amide bonds. The van der Waals surface area contributed by atoms with Crippen LogP contribution in [0.25, 0.3) is 0 Å². The average Bonchev–Trinajstić information content (AvgIpc) is 2.97. The fourth-order valence-electron chi connectivity index (χ4n) is 8.76. The predicted octanol–water partition coefficient (Wildman–Crippen LogP) is 5.51. The Morgan fingerprint density at radius 1 is 1.00 bits per heavy atom. The molecule has 3 nitrogen and oxygen atoms in total. The molecule has 3 heteroatoms. The summed E-state index contributed by atoms with van der Waals surface area (Å²) in [5.74, 6) is 3.91. The van der Waals surface area contributed by atoms with Gasteiger partial charge in [0.1, 0.15) is 0 Å². The molecule has 0 aromatic rings. The lowest BCUT2D eigenvalue weighted by Crippen LogP contribution is -2.54. The first-order chi connectivity index (χ1) is 12.8. The van der Waals surface area contributed by atoms with Crippen molar-refractivity contribution in [3.8, 4) is 0 Å². The quantitative estimate of drug-likeness (QED) is 0.680. The molecule has 0 aliphatic heterocycles. The Morgan fingerprint density at radius 2 is 1.70 bits per heavy atom. The zero-order valence-electron chi connectivity index (χ0n) is 17.6. The highest BCUT2D eigenvalue weighted by atomic mass is 16.4. The summed E-state index contributed by atoms with van der Waals surface area (Å²) in [5, 5.41) is 19.3. The van der Waals surface area contributed by atoms with Crippen LogP contribution in [-0.4, -0.2) is 22.3 Å². The van der Waals surface area contributed by atoms with Crippen LogP contribution in [0.1, 0.15) is 91.4 Å². The monoisotopic (exact) mass is 376 g/mol. The molecule has 0 bridgehead atoms. The van der Waals surface area contributed by atoms with Gasteiger partial charge in [-0.1, -0.05) is 20.8 Å². The predicted molar refractivity (Wildman–Crippen MR) is 107 cm³/mol. The van der Waals surface area contributed by atoms with E-state index in [0.717, 1.165) is 42.9 Å². The van der Waals surface area contributed by atoms with Crippen LogP contribution < -0.4 is 0 Å². The van der Waals surface area contributed by atoms with Crippen LogP contribution in [0.3, 0.4) is 0 Å². The van der Waals surface area contributed by atoms with Gasteiger partial charge in [0.25, 0.3) is 0 Å². The highest BCUT2D eigenvalue weighted by Gasteiger charge is 2.60. The summed E-state index contributed by atoms with van der Waals surface area (Å²) in [7, 11) is 0. The van der Waals surface area contributed by atoms with Crippen molar-refractivity contribution in [3.63, 3.8) is 0 Å². The number of carbonyl (C=O) groups is 1. The topological polar surface area (TPSA) is 57.5 Å². The van der Waals surface area contributed by atoms with E-state index < -0.39 is 5.97 Å². The van der Waals surface area contributed by atoms with Crippen molar-refractivity contribution < 1.29 is 15.0 Å². The van der Waals surface area contributed by atoms with Gasteiger partial charge in [-0.05, 0) is 111 Å². The van der Waals surface area contributed by atoms with E-state index in [0.29, 0.717) is 29.1 Å². The molecule has 0 aromatic heterocycles. The summed E-state index contributed by atoms with van der Waals surface area (Å²) in [6.45, 7) is 7.43. The average molecular weight is 377 g/mol. The molecule has 4 rings (SSSR count). The molecule has 0 heterocycles. The first-order valence-corrected chi connectivity index (χ1v) is 11.7. The standard InChI is InChI=1S/C24H40O3/c1-15(4-9-22(26)27)19-7-8-20-18-6-5-16-14-17(25)10-12-23(16,2)21(18)11-13-24(19,20)3/h15-21,25H,4-14H2,1-3H3,(H,26,27)/t15?,16-,17-,18?,19?,20?,21+,23+,24-/m1/s1. The summed E-state index contributed by atoms with van der Waals surface area (Å²) in [5.41, 5.74) is 0.882. The zero-order chi connectivity index (χ0) is 19.4. The van der Waals surface area contributed by atoms with Crippen molar-refractivity contribution >= 4 is 5.97 Å². The number of aliphatic hydroxyl groups excluding tert-OH is 1. The van der Waals surface area contributed by atoms with Crippen molar-refractivity contribution in [1.29, 1.82) is 0 Å². The van der Waals surface area contributed by atoms with Crippen molar-refractivity contribution in [1.82, 2.24) is 0 Å². The van der Waals surface area contributed by atoms with Crippen LogP contribution in [-0.2, 0) is 4.79 Å². The summed E-state index contributed by atoms with van der Waals surface area (Å²) in [6.07, 6.45) is 12.4. The van der Waals surface area contributed by atoms with E-state index in [2.05, 4.69) is 20.8 Å². The van der Waals surface area contributed by atoms with Crippen LogP contribution >= 0.6 is 0 Å². The molecule has 4 aliphatic carbocycles. The van der Waals surface area contributed by atoms with E-state index in [4.69, 9.17) is 5.11 Å². The second-order valence-electron chi connectivity index (χ2n) is 11.2. The van der Waals surface area contributed by atoms with Gasteiger partial charge in [0, 0.05) is 6.42 Å². The Morgan fingerprint density at radius 3 is 2.44 bits per heavy atom. The Balaban J connectivity index is 1.51. The number of carboxylic acids is 1. The van der Waals surface area contributed by atoms with Gasteiger partial charge in [-0.15, -0.1) is 0 Å². The van der Waals surface area contributed by atoms with Gasteiger partial charge >= 0.3 is 5.97 Å². The van der Waals surface area contributed by atoms with E-state index in [-0.39, 0.29) is 6.10 Å². The second-order valence-corrected chi connectivity index (χ2v) is 11.2. The van der Waals surface area contributed by atoms with Gasteiger partial charge in [0.15, 0.2) is 0 Å². The maximum Gasteiger partial charge on any atom is 0.303 e. The molecular weight excluding hydrogens is 336 g/mol. The van der Waals surface area contributed by atoms with E-state index in [9.17, 15) is 9.90 Å². The maximum absolute atomic E-state index is 11.0. The third-order valence-corrected chi connectivity index (χ3v) is 10.2. The SMILES string of the molecule is CC(CCC(=O)O)C1CCC2C3CC[C@@H]4C[C@H](O)CC[C@]4(C)[C@H]3CC[C@]12C. The maximum atomic E-state index is 11.0. The summed E-state index contributed by atoms with van der Waals surface area (Å²) < 4.78 is 0. The number of rotatable bonds is 4. The molecule has 27 heavy (non-hydrogen) atoms. The van der Waals surface area contributed by atoms with Crippen LogP contribution in [0.5, 0.6) is 0 Å². The number of hydrogen-bond acceptors (Lipinski definition) is 2. The van der Waals surface area contributed by atoms with Crippen LogP contribution in [0.2, 0.25) is 0 Å². The van der Waals surface area contributed by atoms with Gasteiger partial charge in [-0.3, -0.25) is 4.79 Å². The smallest absolute Gasteiger partial charge is 0.303 e. The fraction of sp³-hybridized carbons (Fsp3) is 0.958. The second kappa shape index (κ2) is 7.04. The minimum Gasteiger partial charge on any atom is -0.481 e. The van der Waals surface area contributed by atoms with Gasteiger partial charge in [0.05, 0.1) is 6.10 Å². The third-order valence-electron chi connectivity index (χ3n) is 10.2. The van der Waals surface area contributed by atoms with Crippen molar-refractivity contribution in [2.75, 3.05) is 0 Å². The lowest BCUT2D eigenvalue weighted by atomic mass is 9.44. The highest BCUT2D eigenvalue weighted by Crippen LogP contribution is 2.68. The normalized spacial score (nSPS) is 50.4. The van der Waals surface area contributed by atoms with E-state index >= 15 is 0 Å². The lowest BCUT2D eigenvalue weighted by Gasteiger charge is -2.61. The number of aliphatic carboxylic acids is 1. The Bertz CT molecular complexity index is 574. The minimum absolute atomic E-state index is 0.0561. The van der Waals surface area contributed by atoms with E-state index in [1.165, 1.54) is 44.9 Å². The molecule has 4 fully saturated rings. The molecule has 4 unspecified atom stereocenters. The van der Waals surface area contributed by atoms with Crippen LogP contribution in [0.15, 0.2) is 0 Å². The Kier molecular flexibility index (Phi) is 5.15. The molecule has 0 radical (unpaired) electrons. The summed E-state index contributed by atoms with van der Waals surface area (Å²) >= 11 is 0. The molecule has 154 valence electrons. The lowest BCUT2D eigenvalue weighted by molar-refractivity contribution is -0.138. The summed E-state index contributed by atoms with van der Waals surface area (Å²) in [4.78, 5) is 11.0. The molecule has 4 saturated carbocycles. The van der Waals surface area contributed by atoms with Crippen molar-refractivity contribution in [2.45, 2.75) is 97.5 Å². The summed E-state index contributed by atoms with van der Waals surface area (Å²) in [6, 6.07) is 0. The number of hydrogen-bond donors (Lipinski definition) is 2. The molecule has 4 aliphatic rings. The minimum atomic E-state index is -0.643. The zero-order valence-corrected chi connectivity index (χ0v) is 17.6. The molecular formula is C24H40O3. The van der Waals surface area contributed by atoms with Crippen molar-refractivity contribution in [2.24, 2.45) is 46.3 Å². The Hall–Kier alpha value is -0.570. The number of carboxylic acid groups (broad SMARTS) is 1. The Labute approximate surface area is 165 Å². The van der Waals surface area contributed by atoms with Crippen LogP contribution in [0.4, 0.5) is 0 Å². The first-order valence-electron chi connectivity index (χ1n) is 11.7. The molecule has 0 spiro atoms. The molecule has 2 N–H and O–H groups in total. The number of aliphatic hydroxyl groups is 1. The van der Waals surface area contributed by atoms with Gasteiger partial charge in [-0.2, -0.15) is 0 Å². The fourth-order valence-corrected chi connectivity index (χ4v) is 8.76. The van der Waals surface area contributed by atoms with Gasteiger partial charge in [0.2, 0.25) is 0 Å². The first kappa shape index (κ1) is 19.7. The van der Waals surface area contributed by atoms with E-state index in [1.807, 2.05) is 0 Å². The third kappa shape index (κ3) is 3.16. The van der Waals surface area contributed by atoms with Crippen molar-refractivity contribution in [3.05, 3.63) is 0 Å². The highest BCUT2D eigenvalue weighted by molar-refractivity contribution is 5.66. The van der Waals surface area contributed by atoms with Gasteiger partial charge < -0.3 is 10.2 Å². The molecule has 0 saturated heterocycles.